The van der Waals surface area contributed by atoms with Crippen molar-refractivity contribution in [2.45, 2.75) is 39.5 Å². The molecule has 0 saturated heterocycles. The van der Waals surface area contributed by atoms with Crippen molar-refractivity contribution in [3.8, 4) is 23.1 Å². The minimum Gasteiger partial charge on any atom is -0.497 e. The molecule has 0 radical (unpaired) electrons. The van der Waals surface area contributed by atoms with Gasteiger partial charge in [0.15, 0.2) is 0 Å². The summed E-state index contributed by atoms with van der Waals surface area (Å²) in [5.74, 6) is 0.365. The molecule has 3 heterocycles. The average molecular weight is 597 g/mol. The summed E-state index contributed by atoms with van der Waals surface area (Å²) in [7, 11) is 1.59. The third kappa shape index (κ3) is 6.30. The van der Waals surface area contributed by atoms with Crippen molar-refractivity contribution < 1.29 is 23.8 Å². The van der Waals surface area contributed by atoms with E-state index in [-0.39, 0.29) is 12.1 Å². The highest BCUT2D eigenvalue weighted by Gasteiger charge is 2.26. The Labute approximate surface area is 253 Å². The number of anilines is 1. The van der Waals surface area contributed by atoms with Crippen LogP contribution in [0.25, 0.3) is 16.6 Å². The van der Waals surface area contributed by atoms with Crippen molar-refractivity contribution in [3.05, 3.63) is 101 Å². The molecule has 12 nitrogen and oxygen atoms in total. The highest BCUT2D eigenvalue weighted by Crippen LogP contribution is 2.30. The summed E-state index contributed by atoms with van der Waals surface area (Å²) in [4.78, 5) is 47.9. The second-order valence-electron chi connectivity index (χ2n) is 10.2. The number of rotatable bonds is 10. The summed E-state index contributed by atoms with van der Waals surface area (Å²) >= 11 is 0. The maximum atomic E-state index is 13.7. The van der Waals surface area contributed by atoms with Crippen LogP contribution in [0.2, 0.25) is 0 Å². The molecule has 5 aromatic rings. The lowest BCUT2D eigenvalue weighted by Gasteiger charge is -2.19. The molecule has 3 aromatic heterocycles. The van der Waals surface area contributed by atoms with Crippen LogP contribution in [0, 0.1) is 6.92 Å². The number of hydrogen-bond donors (Lipinski definition) is 2. The summed E-state index contributed by atoms with van der Waals surface area (Å²) in [5.41, 5.74) is 7.08. The van der Waals surface area contributed by atoms with Gasteiger partial charge in [-0.15, -0.1) is 0 Å². The van der Waals surface area contributed by atoms with Gasteiger partial charge in [-0.1, -0.05) is 18.2 Å². The van der Waals surface area contributed by atoms with E-state index in [2.05, 4.69) is 15.3 Å². The number of fused-ring (bicyclic) bond motifs is 1. The number of ether oxygens (including phenoxy) is 3. The predicted octanol–water partition coefficient (Wildman–Crippen LogP) is 4.22. The number of nitrogens with two attached hydrogens (primary N) is 1. The number of carbonyl (C=O) groups excluding carboxylic acids is 2. The van der Waals surface area contributed by atoms with E-state index in [1.165, 1.54) is 17.8 Å². The van der Waals surface area contributed by atoms with Crippen molar-refractivity contribution in [2.24, 2.45) is 5.73 Å². The fraction of sp³-hybridized carbons (Fsp3) is 0.219. The van der Waals surface area contributed by atoms with Gasteiger partial charge in [-0.3, -0.25) is 24.0 Å². The van der Waals surface area contributed by atoms with Gasteiger partial charge in [0.05, 0.1) is 42.4 Å². The van der Waals surface area contributed by atoms with Crippen molar-refractivity contribution in [1.29, 1.82) is 0 Å². The number of hydrogen-bond acceptors (Lipinski definition) is 9. The van der Waals surface area contributed by atoms with Gasteiger partial charge in [-0.2, -0.15) is 0 Å². The predicted molar refractivity (Wildman–Crippen MR) is 165 cm³/mol. The Bertz CT molecular complexity index is 1860. The maximum absolute atomic E-state index is 13.7. The van der Waals surface area contributed by atoms with Crippen LogP contribution >= 0.6 is 0 Å². The molecule has 0 saturated carbocycles. The summed E-state index contributed by atoms with van der Waals surface area (Å²) in [6, 6.07) is 18.6. The highest BCUT2D eigenvalue weighted by molar-refractivity contribution is 6.04. The van der Waals surface area contributed by atoms with Gasteiger partial charge in [0.25, 0.3) is 11.5 Å². The van der Waals surface area contributed by atoms with Gasteiger partial charge in [-0.05, 0) is 57.2 Å². The van der Waals surface area contributed by atoms with E-state index in [0.29, 0.717) is 40.0 Å². The molecular weight excluding hydrogens is 564 g/mol. The van der Waals surface area contributed by atoms with E-state index < -0.39 is 29.6 Å². The Balaban J connectivity index is 1.38. The minimum atomic E-state index is -0.792. The van der Waals surface area contributed by atoms with E-state index in [1.807, 2.05) is 24.3 Å². The first-order valence-electron chi connectivity index (χ1n) is 13.9. The molecule has 226 valence electrons. The monoisotopic (exact) mass is 596 g/mol. The van der Waals surface area contributed by atoms with Crippen LogP contribution in [-0.2, 0) is 16.1 Å². The number of esters is 1. The third-order valence-corrected chi connectivity index (χ3v) is 6.86. The van der Waals surface area contributed by atoms with Crippen LogP contribution in [0.3, 0.4) is 0 Å². The Morgan fingerprint density at radius 1 is 1.02 bits per heavy atom. The van der Waals surface area contributed by atoms with Crippen LogP contribution in [0.5, 0.6) is 17.4 Å². The molecule has 2 atom stereocenters. The molecule has 0 aliphatic carbocycles. The van der Waals surface area contributed by atoms with Crippen molar-refractivity contribution in [1.82, 2.24) is 19.3 Å². The van der Waals surface area contributed by atoms with Crippen LogP contribution in [-0.4, -0.2) is 50.5 Å². The fourth-order valence-corrected chi connectivity index (χ4v) is 4.68. The molecular formula is C32H32N6O6. The molecule has 44 heavy (non-hydrogen) atoms. The van der Waals surface area contributed by atoms with Gasteiger partial charge in [0.2, 0.25) is 5.88 Å². The second-order valence-corrected chi connectivity index (χ2v) is 10.2. The largest absolute Gasteiger partial charge is 0.497 e. The Morgan fingerprint density at radius 3 is 2.48 bits per heavy atom. The smallest absolute Gasteiger partial charge is 0.322 e. The van der Waals surface area contributed by atoms with Gasteiger partial charge in [0, 0.05) is 23.7 Å². The van der Waals surface area contributed by atoms with E-state index in [1.54, 1.807) is 74.3 Å². The number of carbonyl (C=O) groups is 2. The van der Waals surface area contributed by atoms with E-state index in [4.69, 9.17) is 19.9 Å². The normalized spacial score (nSPS) is 12.4. The highest BCUT2D eigenvalue weighted by atomic mass is 16.5. The van der Waals surface area contributed by atoms with Crippen LogP contribution < -0.4 is 26.1 Å². The lowest BCUT2D eigenvalue weighted by Crippen LogP contribution is -2.34. The molecule has 0 aliphatic rings. The first kappa shape index (κ1) is 30.0. The van der Waals surface area contributed by atoms with Gasteiger partial charge < -0.3 is 25.3 Å². The van der Waals surface area contributed by atoms with Crippen LogP contribution in [0.15, 0.2) is 83.9 Å². The molecule has 12 heteroatoms. The molecule has 0 aliphatic heterocycles. The molecule has 0 spiro atoms. The first-order chi connectivity index (χ1) is 21.2. The zero-order chi connectivity index (χ0) is 31.4. The van der Waals surface area contributed by atoms with Crippen LogP contribution in [0.4, 0.5) is 5.69 Å². The molecule has 3 N–H and O–H groups in total. The molecule has 2 unspecified atom stereocenters. The van der Waals surface area contributed by atoms with Gasteiger partial charge in [0.1, 0.15) is 29.2 Å². The van der Waals surface area contributed by atoms with Gasteiger partial charge >= 0.3 is 5.97 Å². The van der Waals surface area contributed by atoms with Crippen LogP contribution in [0.1, 0.15) is 29.9 Å². The molecule has 0 fully saturated rings. The standard InChI is InChI=1S/C32H32N6O6/c1-19(43-32(41)20(2)33)18-37-21(3)29(31(40)38(37)23-8-6-5-7-9-23)30(39)36-22-10-13-28(35-17-22)44-27-14-15-34-26-16-24(42-4)11-12-25(26)27/h5-17,19-20H,18,33H2,1-4H3,(H,36,39). The third-order valence-electron chi connectivity index (χ3n) is 6.86. The van der Waals surface area contributed by atoms with E-state index in [0.717, 1.165) is 5.39 Å². The Morgan fingerprint density at radius 2 is 1.80 bits per heavy atom. The topological polar surface area (TPSA) is 153 Å². The maximum Gasteiger partial charge on any atom is 0.322 e. The lowest BCUT2D eigenvalue weighted by molar-refractivity contribution is -0.150. The van der Waals surface area contributed by atoms with E-state index >= 15 is 0 Å². The number of nitrogens with one attached hydrogen (secondary N) is 1. The zero-order valence-electron chi connectivity index (χ0n) is 24.7. The summed E-state index contributed by atoms with van der Waals surface area (Å²) < 4.78 is 19.7. The molecule has 2 aromatic carbocycles. The molecule has 0 bridgehead atoms. The van der Waals surface area contributed by atoms with Crippen molar-refractivity contribution in [3.63, 3.8) is 0 Å². The number of benzene rings is 2. The number of para-hydroxylation sites is 1. The summed E-state index contributed by atoms with van der Waals surface area (Å²) in [6.07, 6.45) is 2.45. The number of methoxy groups -OCH3 is 1. The lowest BCUT2D eigenvalue weighted by atomic mass is 10.2. The number of pyridine rings is 2. The van der Waals surface area contributed by atoms with E-state index in [9.17, 15) is 14.4 Å². The second kappa shape index (κ2) is 12.8. The van der Waals surface area contributed by atoms with Gasteiger partial charge in [-0.25, -0.2) is 9.67 Å². The minimum absolute atomic E-state index is 0.0569. The van der Waals surface area contributed by atoms with Crippen molar-refractivity contribution >= 4 is 28.5 Å². The first-order valence-corrected chi connectivity index (χ1v) is 13.9. The van der Waals surface area contributed by atoms with Crippen molar-refractivity contribution in [2.75, 3.05) is 12.4 Å². The Hall–Kier alpha value is -5.49. The fourth-order valence-electron chi connectivity index (χ4n) is 4.68. The number of amides is 1. The number of aromatic nitrogens is 4. The quantitative estimate of drug-likeness (QED) is 0.226. The zero-order valence-corrected chi connectivity index (χ0v) is 24.7. The summed E-state index contributed by atoms with van der Waals surface area (Å²) in [6.45, 7) is 5.01. The molecule has 1 amide bonds. The molecule has 5 rings (SSSR count). The SMILES string of the molecule is COc1ccc2c(Oc3ccc(NC(=O)c4c(C)n(CC(C)OC(=O)C(C)N)n(-c5ccccc5)c4=O)cn3)ccnc2c1. The number of nitrogens with zero attached hydrogens (tertiary/aromatic N) is 4. The Kier molecular flexibility index (Phi) is 8.72. The summed E-state index contributed by atoms with van der Waals surface area (Å²) in [5, 5.41) is 3.54. The average Bonchev–Trinajstić information content (AvgIpc) is 3.26.